The number of phenolic OH excluding ortho intramolecular Hbond substituents is 2. The minimum absolute atomic E-state index is 0.0181. The van der Waals surface area contributed by atoms with Crippen LogP contribution in [-0.4, -0.2) is 41.3 Å². The Bertz CT molecular complexity index is 442. The molecule has 1 saturated carbocycles. The van der Waals surface area contributed by atoms with Gasteiger partial charge in [-0.2, -0.15) is 0 Å². The second kappa shape index (κ2) is 5.39. The van der Waals surface area contributed by atoms with E-state index >= 15 is 0 Å². The monoisotopic (exact) mass is 264 g/mol. The van der Waals surface area contributed by atoms with Crippen molar-refractivity contribution in [1.29, 1.82) is 0 Å². The van der Waals surface area contributed by atoms with E-state index in [0.717, 1.165) is 12.1 Å². The topological polar surface area (TPSA) is 55.7 Å². The number of rotatable bonds is 5. The third-order valence-corrected chi connectivity index (χ3v) is 4.45. The average Bonchev–Trinajstić information content (AvgIpc) is 2.30. The highest BCUT2D eigenvalue weighted by Gasteiger charge is 2.38. The number of phenols is 2. The molecular weight excluding hydrogens is 240 g/mol. The molecule has 1 fully saturated rings. The van der Waals surface area contributed by atoms with E-state index in [4.69, 9.17) is 0 Å². The largest absolute Gasteiger partial charge is 0.508 e. The van der Waals surface area contributed by atoms with Gasteiger partial charge in [-0.1, -0.05) is 0 Å². The predicted octanol–water partition coefficient (Wildman–Crippen LogP) is 2.23. The fourth-order valence-corrected chi connectivity index (χ4v) is 2.71. The van der Waals surface area contributed by atoms with Crippen molar-refractivity contribution in [2.75, 3.05) is 20.6 Å². The van der Waals surface area contributed by atoms with E-state index in [1.165, 1.54) is 31.4 Å². The summed E-state index contributed by atoms with van der Waals surface area (Å²) in [6.07, 6.45) is 3.71. The van der Waals surface area contributed by atoms with Crippen LogP contribution >= 0.6 is 0 Å². The van der Waals surface area contributed by atoms with Crippen LogP contribution in [0.25, 0.3) is 0 Å². The predicted molar refractivity (Wildman–Crippen MR) is 76.5 cm³/mol. The van der Waals surface area contributed by atoms with Gasteiger partial charge < -0.3 is 20.4 Å². The van der Waals surface area contributed by atoms with Crippen LogP contribution in [0.5, 0.6) is 11.5 Å². The molecule has 3 N–H and O–H groups in total. The van der Waals surface area contributed by atoms with Gasteiger partial charge in [0.15, 0.2) is 0 Å². The zero-order valence-corrected chi connectivity index (χ0v) is 12.0. The highest BCUT2D eigenvalue weighted by molar-refractivity contribution is 5.40. The van der Waals surface area contributed by atoms with Crippen LogP contribution in [0.1, 0.15) is 37.8 Å². The summed E-state index contributed by atoms with van der Waals surface area (Å²) in [4.78, 5) is 2.29. The summed E-state index contributed by atoms with van der Waals surface area (Å²) in [5.41, 5.74) is 0.994. The molecule has 2 rings (SSSR count). The molecule has 0 aromatic heterocycles. The van der Waals surface area contributed by atoms with Crippen molar-refractivity contribution in [3.05, 3.63) is 23.8 Å². The third kappa shape index (κ3) is 2.85. The van der Waals surface area contributed by atoms with E-state index in [-0.39, 0.29) is 23.1 Å². The molecule has 1 aliphatic rings. The number of hydrogen-bond acceptors (Lipinski definition) is 4. The van der Waals surface area contributed by atoms with Gasteiger partial charge in [0.1, 0.15) is 11.5 Å². The van der Waals surface area contributed by atoms with Crippen molar-refractivity contribution in [3.8, 4) is 11.5 Å². The van der Waals surface area contributed by atoms with Gasteiger partial charge in [0.05, 0.1) is 0 Å². The zero-order chi connectivity index (χ0) is 14.0. The Morgan fingerprint density at radius 3 is 2.53 bits per heavy atom. The van der Waals surface area contributed by atoms with Crippen molar-refractivity contribution < 1.29 is 10.2 Å². The molecule has 106 valence electrons. The summed E-state index contributed by atoms with van der Waals surface area (Å²) in [5, 5.41) is 22.8. The lowest BCUT2D eigenvalue weighted by molar-refractivity contribution is 0.0575. The lowest BCUT2D eigenvalue weighted by Gasteiger charge is -2.48. The molecule has 1 aromatic rings. The highest BCUT2D eigenvalue weighted by Crippen LogP contribution is 2.36. The molecule has 0 spiro atoms. The fourth-order valence-electron chi connectivity index (χ4n) is 2.71. The Labute approximate surface area is 115 Å². The van der Waals surface area contributed by atoms with E-state index < -0.39 is 0 Å². The van der Waals surface area contributed by atoms with E-state index in [1.807, 2.05) is 6.92 Å². The molecule has 0 heterocycles. The Morgan fingerprint density at radius 1 is 1.32 bits per heavy atom. The average molecular weight is 264 g/mol. The Hall–Kier alpha value is -1.26. The maximum atomic E-state index is 9.85. The lowest BCUT2D eigenvalue weighted by Crippen LogP contribution is -2.56. The number of nitrogens with zero attached hydrogens (tertiary/aromatic N) is 1. The lowest BCUT2D eigenvalue weighted by atomic mass is 9.75. The van der Waals surface area contributed by atoms with E-state index in [9.17, 15) is 10.2 Å². The third-order valence-electron chi connectivity index (χ3n) is 4.45. The summed E-state index contributed by atoms with van der Waals surface area (Å²) >= 11 is 0. The van der Waals surface area contributed by atoms with Crippen LogP contribution in [-0.2, 0) is 0 Å². The Morgan fingerprint density at radius 2 is 2.00 bits per heavy atom. The van der Waals surface area contributed by atoms with E-state index in [2.05, 4.69) is 24.3 Å². The number of likely N-dealkylation sites (N-methyl/N-ethyl adjacent to an activating group) is 1. The molecule has 1 aromatic carbocycles. The molecule has 0 saturated heterocycles. The molecule has 1 aliphatic carbocycles. The first-order chi connectivity index (χ1) is 8.94. The van der Waals surface area contributed by atoms with Crippen molar-refractivity contribution in [1.82, 2.24) is 10.2 Å². The van der Waals surface area contributed by atoms with Crippen molar-refractivity contribution >= 4 is 0 Å². The molecule has 1 atom stereocenters. The summed E-state index contributed by atoms with van der Waals surface area (Å²) in [6, 6.07) is 4.67. The molecule has 0 radical (unpaired) electrons. The SMILES string of the molecule is CC(NCC1(N(C)C)CCC1)c1cc(O)ccc1O. The van der Waals surface area contributed by atoms with Gasteiger partial charge >= 0.3 is 0 Å². The van der Waals surface area contributed by atoms with Gasteiger partial charge in [0, 0.05) is 23.7 Å². The summed E-state index contributed by atoms with van der Waals surface area (Å²) in [5.74, 6) is 0.415. The van der Waals surface area contributed by atoms with Crippen LogP contribution in [0.4, 0.5) is 0 Å². The zero-order valence-electron chi connectivity index (χ0n) is 12.0. The van der Waals surface area contributed by atoms with Gasteiger partial charge in [0.25, 0.3) is 0 Å². The first-order valence-electron chi connectivity index (χ1n) is 6.87. The standard InChI is InChI=1S/C15H24N2O2/c1-11(13-9-12(18)5-6-14(13)19)16-10-15(17(2)3)7-4-8-15/h5-6,9,11,16,18-19H,4,7-8,10H2,1-3H3. The molecular formula is C15H24N2O2. The number of benzene rings is 1. The smallest absolute Gasteiger partial charge is 0.120 e. The van der Waals surface area contributed by atoms with E-state index in [0.29, 0.717) is 0 Å². The van der Waals surface area contributed by atoms with Gasteiger partial charge in [-0.15, -0.1) is 0 Å². The maximum absolute atomic E-state index is 9.85. The first-order valence-corrected chi connectivity index (χ1v) is 6.87. The van der Waals surface area contributed by atoms with Gasteiger partial charge in [-0.25, -0.2) is 0 Å². The van der Waals surface area contributed by atoms with Crippen LogP contribution < -0.4 is 5.32 Å². The Balaban J connectivity index is 2.01. The Kier molecular flexibility index (Phi) is 4.02. The van der Waals surface area contributed by atoms with Gasteiger partial charge in [-0.3, -0.25) is 0 Å². The van der Waals surface area contributed by atoms with Gasteiger partial charge in [0.2, 0.25) is 0 Å². The fraction of sp³-hybridized carbons (Fsp3) is 0.600. The van der Waals surface area contributed by atoms with Crippen LogP contribution in [0.2, 0.25) is 0 Å². The van der Waals surface area contributed by atoms with Crippen LogP contribution in [0.15, 0.2) is 18.2 Å². The highest BCUT2D eigenvalue weighted by atomic mass is 16.3. The number of nitrogens with one attached hydrogen (secondary N) is 1. The van der Waals surface area contributed by atoms with Crippen LogP contribution in [0, 0.1) is 0 Å². The molecule has 0 bridgehead atoms. The minimum atomic E-state index is 0.0181. The molecule has 1 unspecified atom stereocenters. The summed E-state index contributed by atoms with van der Waals surface area (Å²) in [6.45, 7) is 2.91. The molecule has 19 heavy (non-hydrogen) atoms. The van der Waals surface area contributed by atoms with E-state index in [1.54, 1.807) is 6.07 Å². The normalized spacial score (nSPS) is 19.2. The molecule has 4 nitrogen and oxygen atoms in total. The summed E-state index contributed by atoms with van der Waals surface area (Å²) in [7, 11) is 4.24. The quantitative estimate of drug-likeness (QED) is 0.714. The van der Waals surface area contributed by atoms with Crippen molar-refractivity contribution in [2.45, 2.75) is 37.8 Å². The second-order valence-electron chi connectivity index (χ2n) is 5.82. The second-order valence-corrected chi connectivity index (χ2v) is 5.82. The molecule has 0 amide bonds. The van der Waals surface area contributed by atoms with Crippen molar-refractivity contribution in [3.63, 3.8) is 0 Å². The molecule has 0 aliphatic heterocycles. The van der Waals surface area contributed by atoms with Gasteiger partial charge in [-0.05, 0) is 58.5 Å². The summed E-state index contributed by atoms with van der Waals surface area (Å²) < 4.78 is 0. The molecule has 4 heteroatoms. The van der Waals surface area contributed by atoms with Crippen LogP contribution in [0.3, 0.4) is 0 Å². The number of hydrogen-bond donors (Lipinski definition) is 3. The maximum Gasteiger partial charge on any atom is 0.120 e. The first kappa shape index (κ1) is 14.2. The minimum Gasteiger partial charge on any atom is -0.508 e. The number of aromatic hydroxyl groups is 2. The van der Waals surface area contributed by atoms with Crippen molar-refractivity contribution in [2.24, 2.45) is 0 Å².